The molecule has 0 aromatic heterocycles. The first-order valence-electron chi connectivity index (χ1n) is 5.29. The van der Waals surface area contributed by atoms with Gasteiger partial charge in [-0.1, -0.05) is 0 Å². The molecule has 15 heavy (non-hydrogen) atoms. The lowest BCUT2D eigenvalue weighted by molar-refractivity contribution is -0.144. The van der Waals surface area contributed by atoms with Crippen molar-refractivity contribution in [2.45, 2.75) is 45.8 Å². The van der Waals surface area contributed by atoms with E-state index in [0.29, 0.717) is 18.8 Å². The molecule has 1 fully saturated rings. The van der Waals surface area contributed by atoms with Gasteiger partial charge in [0.25, 0.3) is 0 Å². The van der Waals surface area contributed by atoms with Crippen molar-refractivity contribution in [3.8, 4) is 0 Å². The van der Waals surface area contributed by atoms with E-state index in [1.54, 1.807) is 4.90 Å². The topological polar surface area (TPSA) is 40.5 Å². The SMILES string of the molecule is CC(C)(CCl)C(=O)N1CCC(O)C1(C)C. The highest BCUT2D eigenvalue weighted by Gasteiger charge is 2.46. The van der Waals surface area contributed by atoms with Crippen LogP contribution in [-0.4, -0.2) is 40.0 Å². The van der Waals surface area contributed by atoms with Gasteiger partial charge in [0.1, 0.15) is 0 Å². The lowest BCUT2D eigenvalue weighted by Crippen LogP contribution is -2.52. The molecule has 1 saturated heterocycles. The number of halogens is 1. The normalized spacial score (nSPS) is 25.7. The number of aliphatic hydroxyl groups excluding tert-OH is 1. The molecule has 0 saturated carbocycles. The van der Waals surface area contributed by atoms with Crippen LogP contribution in [0.5, 0.6) is 0 Å². The molecular formula is C11H20ClNO2. The Morgan fingerprint density at radius 3 is 2.47 bits per heavy atom. The van der Waals surface area contributed by atoms with Gasteiger partial charge in [-0.05, 0) is 34.1 Å². The van der Waals surface area contributed by atoms with Crippen LogP contribution in [0.15, 0.2) is 0 Å². The third-order valence-corrected chi connectivity index (χ3v) is 3.96. The molecule has 1 heterocycles. The summed E-state index contributed by atoms with van der Waals surface area (Å²) >= 11 is 5.79. The summed E-state index contributed by atoms with van der Waals surface area (Å²) in [6.07, 6.45) is 0.212. The Labute approximate surface area is 96.4 Å². The smallest absolute Gasteiger partial charge is 0.229 e. The molecule has 1 aliphatic heterocycles. The highest BCUT2D eigenvalue weighted by Crippen LogP contribution is 2.33. The second-order valence-electron chi connectivity index (χ2n) is 5.43. The van der Waals surface area contributed by atoms with Crippen LogP contribution in [0.25, 0.3) is 0 Å². The van der Waals surface area contributed by atoms with Crippen LogP contribution >= 0.6 is 11.6 Å². The van der Waals surface area contributed by atoms with Crippen molar-refractivity contribution in [3.63, 3.8) is 0 Å². The summed E-state index contributed by atoms with van der Waals surface area (Å²) in [7, 11) is 0. The highest BCUT2D eigenvalue weighted by molar-refractivity contribution is 6.19. The summed E-state index contributed by atoms with van der Waals surface area (Å²) < 4.78 is 0. The number of amides is 1. The lowest BCUT2D eigenvalue weighted by Gasteiger charge is -2.38. The first kappa shape index (κ1) is 12.8. The molecule has 88 valence electrons. The van der Waals surface area contributed by atoms with Crippen LogP contribution < -0.4 is 0 Å². The van der Waals surface area contributed by atoms with Crippen LogP contribution in [0.4, 0.5) is 0 Å². The molecule has 1 N–H and O–H groups in total. The number of hydrogen-bond acceptors (Lipinski definition) is 2. The van der Waals surface area contributed by atoms with Gasteiger partial charge in [0.05, 0.1) is 17.1 Å². The Hall–Kier alpha value is -0.280. The van der Waals surface area contributed by atoms with E-state index in [1.807, 2.05) is 27.7 Å². The van der Waals surface area contributed by atoms with Gasteiger partial charge in [-0.25, -0.2) is 0 Å². The largest absolute Gasteiger partial charge is 0.391 e. The minimum atomic E-state index is -0.553. The molecule has 1 atom stereocenters. The monoisotopic (exact) mass is 233 g/mol. The lowest BCUT2D eigenvalue weighted by atomic mass is 9.91. The Bertz CT molecular complexity index is 263. The highest BCUT2D eigenvalue weighted by atomic mass is 35.5. The van der Waals surface area contributed by atoms with E-state index in [-0.39, 0.29) is 5.91 Å². The molecule has 3 nitrogen and oxygen atoms in total. The molecule has 0 aliphatic carbocycles. The summed E-state index contributed by atoms with van der Waals surface area (Å²) in [5.74, 6) is 0.327. The average Bonchev–Trinajstić information content (AvgIpc) is 2.41. The van der Waals surface area contributed by atoms with E-state index in [0.717, 1.165) is 0 Å². The molecule has 0 aromatic carbocycles. The fourth-order valence-corrected chi connectivity index (χ4v) is 1.97. The molecule has 1 unspecified atom stereocenters. The molecule has 0 bridgehead atoms. The maximum absolute atomic E-state index is 12.2. The Balaban J connectivity index is 2.87. The second kappa shape index (κ2) is 3.95. The molecular weight excluding hydrogens is 214 g/mol. The van der Waals surface area contributed by atoms with E-state index < -0.39 is 17.1 Å². The first-order valence-corrected chi connectivity index (χ1v) is 5.83. The molecule has 1 rings (SSSR count). The third-order valence-electron chi connectivity index (χ3n) is 3.30. The number of rotatable bonds is 2. The first-order chi connectivity index (χ1) is 6.73. The van der Waals surface area contributed by atoms with Crippen molar-refractivity contribution in [3.05, 3.63) is 0 Å². The van der Waals surface area contributed by atoms with Crippen molar-refractivity contribution < 1.29 is 9.90 Å². The van der Waals surface area contributed by atoms with Gasteiger partial charge in [0, 0.05) is 12.4 Å². The maximum atomic E-state index is 12.2. The Morgan fingerprint density at radius 1 is 1.60 bits per heavy atom. The Morgan fingerprint density at radius 2 is 2.13 bits per heavy atom. The van der Waals surface area contributed by atoms with Crippen LogP contribution in [0.1, 0.15) is 34.1 Å². The van der Waals surface area contributed by atoms with Crippen LogP contribution in [-0.2, 0) is 4.79 Å². The van der Waals surface area contributed by atoms with Crippen LogP contribution in [0, 0.1) is 5.41 Å². The van der Waals surface area contributed by atoms with Gasteiger partial charge >= 0.3 is 0 Å². The fraction of sp³-hybridized carbons (Fsp3) is 0.909. The maximum Gasteiger partial charge on any atom is 0.229 e. The molecule has 0 spiro atoms. The summed E-state index contributed by atoms with van der Waals surface area (Å²) in [6.45, 7) is 8.08. The van der Waals surface area contributed by atoms with Crippen molar-refractivity contribution >= 4 is 17.5 Å². The molecule has 1 aliphatic rings. The van der Waals surface area contributed by atoms with E-state index in [9.17, 15) is 9.90 Å². The zero-order valence-electron chi connectivity index (χ0n) is 9.88. The van der Waals surface area contributed by atoms with Gasteiger partial charge in [-0.3, -0.25) is 4.79 Å². The summed E-state index contributed by atoms with van der Waals surface area (Å²) in [6, 6.07) is 0. The number of carbonyl (C=O) groups excluding carboxylic acids is 1. The summed E-state index contributed by atoms with van der Waals surface area (Å²) in [5, 5.41) is 9.79. The summed E-state index contributed by atoms with van der Waals surface area (Å²) in [5.41, 5.74) is -1.02. The molecule has 0 aromatic rings. The van der Waals surface area contributed by atoms with Crippen molar-refractivity contribution in [1.29, 1.82) is 0 Å². The number of alkyl halides is 1. The average molecular weight is 234 g/mol. The molecule has 1 amide bonds. The number of hydrogen-bond donors (Lipinski definition) is 1. The summed E-state index contributed by atoms with van der Waals surface area (Å²) in [4.78, 5) is 13.9. The van der Waals surface area contributed by atoms with Crippen molar-refractivity contribution in [2.24, 2.45) is 5.41 Å². The minimum absolute atomic E-state index is 0.0269. The van der Waals surface area contributed by atoms with E-state index in [2.05, 4.69) is 0 Å². The van der Waals surface area contributed by atoms with E-state index in [4.69, 9.17) is 11.6 Å². The number of carbonyl (C=O) groups is 1. The predicted octanol–water partition coefficient (Wildman–Crippen LogP) is 1.62. The van der Waals surface area contributed by atoms with Crippen LogP contribution in [0.3, 0.4) is 0 Å². The number of likely N-dealkylation sites (tertiary alicyclic amines) is 1. The zero-order chi connectivity index (χ0) is 11.9. The van der Waals surface area contributed by atoms with Crippen LogP contribution in [0.2, 0.25) is 0 Å². The van der Waals surface area contributed by atoms with Crippen molar-refractivity contribution in [2.75, 3.05) is 12.4 Å². The van der Waals surface area contributed by atoms with Gasteiger partial charge in [-0.2, -0.15) is 0 Å². The Kier molecular flexibility index (Phi) is 3.36. The van der Waals surface area contributed by atoms with Gasteiger partial charge < -0.3 is 10.0 Å². The quantitative estimate of drug-likeness (QED) is 0.737. The molecule has 0 radical (unpaired) electrons. The predicted molar refractivity (Wildman–Crippen MR) is 60.9 cm³/mol. The van der Waals surface area contributed by atoms with Gasteiger partial charge in [-0.15, -0.1) is 11.6 Å². The fourth-order valence-electron chi connectivity index (χ4n) is 1.86. The minimum Gasteiger partial charge on any atom is -0.391 e. The van der Waals surface area contributed by atoms with Gasteiger partial charge in [0.15, 0.2) is 0 Å². The zero-order valence-corrected chi connectivity index (χ0v) is 10.6. The van der Waals surface area contributed by atoms with Gasteiger partial charge in [0.2, 0.25) is 5.91 Å². The second-order valence-corrected chi connectivity index (χ2v) is 5.70. The number of aliphatic hydroxyl groups is 1. The third kappa shape index (κ3) is 2.13. The van der Waals surface area contributed by atoms with E-state index in [1.165, 1.54) is 0 Å². The number of nitrogens with zero attached hydrogens (tertiary/aromatic N) is 1. The standard InChI is InChI=1S/C11H20ClNO2/c1-10(2,7-12)9(15)13-6-5-8(14)11(13,3)4/h8,14H,5-7H2,1-4H3. The van der Waals surface area contributed by atoms with E-state index >= 15 is 0 Å². The molecule has 4 heteroatoms. The van der Waals surface area contributed by atoms with Crippen molar-refractivity contribution in [1.82, 2.24) is 4.90 Å².